The predicted octanol–water partition coefficient (Wildman–Crippen LogP) is 3.19. The molecule has 2 rings (SSSR count). The third kappa shape index (κ3) is 3.35. The van der Waals surface area contributed by atoms with Gasteiger partial charge < -0.3 is 9.15 Å². The molecule has 0 bridgehead atoms. The fourth-order valence-corrected chi connectivity index (χ4v) is 1.94. The van der Waals surface area contributed by atoms with E-state index in [1.165, 1.54) is 0 Å². The van der Waals surface area contributed by atoms with Crippen molar-refractivity contribution in [2.75, 3.05) is 20.2 Å². The molecule has 0 aliphatic rings. The highest BCUT2D eigenvalue weighted by Crippen LogP contribution is 2.23. The van der Waals surface area contributed by atoms with E-state index in [0.29, 0.717) is 5.89 Å². The average molecular weight is 260 g/mol. The number of rotatable bonds is 6. The van der Waals surface area contributed by atoms with Crippen molar-refractivity contribution in [2.45, 2.75) is 20.4 Å². The minimum absolute atomic E-state index is 0.640. The largest absolute Gasteiger partial charge is 0.497 e. The zero-order valence-corrected chi connectivity index (χ0v) is 11.7. The molecule has 2 aromatic rings. The lowest BCUT2D eigenvalue weighted by Crippen LogP contribution is -2.22. The van der Waals surface area contributed by atoms with Crippen LogP contribution in [0.1, 0.15) is 19.5 Å². The number of oxazole rings is 1. The average Bonchev–Trinajstić information content (AvgIpc) is 2.93. The SMILES string of the molecule is CCN(CC)Cc1coc(-c2cccc(OC)c2)n1. The van der Waals surface area contributed by atoms with Gasteiger partial charge in [-0.25, -0.2) is 4.98 Å². The second-order valence-electron chi connectivity index (χ2n) is 4.34. The molecule has 0 amide bonds. The Kier molecular flexibility index (Phi) is 4.58. The topological polar surface area (TPSA) is 38.5 Å². The maximum atomic E-state index is 5.55. The summed E-state index contributed by atoms with van der Waals surface area (Å²) in [6, 6.07) is 7.73. The summed E-state index contributed by atoms with van der Waals surface area (Å²) in [6.45, 7) is 7.13. The lowest BCUT2D eigenvalue weighted by molar-refractivity contribution is 0.292. The van der Waals surface area contributed by atoms with E-state index in [0.717, 1.165) is 36.6 Å². The highest BCUT2D eigenvalue weighted by molar-refractivity contribution is 5.55. The summed E-state index contributed by atoms with van der Waals surface area (Å²) in [4.78, 5) is 6.83. The summed E-state index contributed by atoms with van der Waals surface area (Å²) in [5.41, 5.74) is 1.90. The van der Waals surface area contributed by atoms with E-state index >= 15 is 0 Å². The first kappa shape index (κ1) is 13.6. The van der Waals surface area contributed by atoms with Gasteiger partial charge in [0.1, 0.15) is 12.0 Å². The molecule has 0 saturated heterocycles. The van der Waals surface area contributed by atoms with Gasteiger partial charge in [0.15, 0.2) is 0 Å². The summed E-state index contributed by atoms with van der Waals surface area (Å²) >= 11 is 0. The minimum Gasteiger partial charge on any atom is -0.497 e. The van der Waals surface area contributed by atoms with Crippen LogP contribution in [0.5, 0.6) is 5.75 Å². The van der Waals surface area contributed by atoms with Crippen molar-refractivity contribution < 1.29 is 9.15 Å². The number of nitrogens with zero attached hydrogens (tertiary/aromatic N) is 2. The number of methoxy groups -OCH3 is 1. The van der Waals surface area contributed by atoms with E-state index < -0.39 is 0 Å². The monoisotopic (exact) mass is 260 g/mol. The van der Waals surface area contributed by atoms with Crippen LogP contribution in [-0.2, 0) is 6.54 Å². The zero-order chi connectivity index (χ0) is 13.7. The Morgan fingerprint density at radius 3 is 2.74 bits per heavy atom. The molecule has 0 fully saturated rings. The summed E-state index contributed by atoms with van der Waals surface area (Å²) in [6.07, 6.45) is 1.73. The lowest BCUT2D eigenvalue weighted by atomic mass is 10.2. The normalized spacial score (nSPS) is 10.9. The number of aromatic nitrogens is 1. The van der Waals surface area contributed by atoms with Gasteiger partial charge in [-0.3, -0.25) is 4.90 Å². The lowest BCUT2D eigenvalue weighted by Gasteiger charge is -2.15. The molecule has 4 nitrogen and oxygen atoms in total. The van der Waals surface area contributed by atoms with E-state index in [2.05, 4.69) is 23.7 Å². The first-order chi connectivity index (χ1) is 9.26. The Morgan fingerprint density at radius 1 is 1.26 bits per heavy atom. The van der Waals surface area contributed by atoms with Crippen molar-refractivity contribution in [2.24, 2.45) is 0 Å². The molecule has 0 N–H and O–H groups in total. The van der Waals surface area contributed by atoms with E-state index in [-0.39, 0.29) is 0 Å². The molecule has 1 heterocycles. The summed E-state index contributed by atoms with van der Waals surface area (Å²) in [5.74, 6) is 1.45. The van der Waals surface area contributed by atoms with Crippen LogP contribution < -0.4 is 4.74 Å². The van der Waals surface area contributed by atoms with E-state index in [4.69, 9.17) is 9.15 Å². The van der Waals surface area contributed by atoms with E-state index in [1.807, 2.05) is 24.3 Å². The van der Waals surface area contributed by atoms with Gasteiger partial charge in [-0.15, -0.1) is 0 Å². The molecule has 102 valence electrons. The predicted molar refractivity (Wildman–Crippen MR) is 75.1 cm³/mol. The van der Waals surface area contributed by atoms with Crippen LogP contribution in [0.2, 0.25) is 0 Å². The Labute approximate surface area is 114 Å². The van der Waals surface area contributed by atoms with Gasteiger partial charge in [-0.05, 0) is 31.3 Å². The summed E-state index contributed by atoms with van der Waals surface area (Å²) in [5, 5.41) is 0. The number of benzene rings is 1. The van der Waals surface area contributed by atoms with Crippen molar-refractivity contribution in [1.82, 2.24) is 9.88 Å². The standard InChI is InChI=1S/C15H20N2O2/c1-4-17(5-2)10-13-11-19-15(16-13)12-7-6-8-14(9-12)18-3/h6-9,11H,4-5,10H2,1-3H3. The van der Waals surface area contributed by atoms with Gasteiger partial charge >= 0.3 is 0 Å². The highest BCUT2D eigenvalue weighted by Gasteiger charge is 2.09. The third-order valence-corrected chi connectivity index (χ3v) is 3.15. The van der Waals surface area contributed by atoms with E-state index in [1.54, 1.807) is 13.4 Å². The fraction of sp³-hybridized carbons (Fsp3) is 0.400. The van der Waals surface area contributed by atoms with E-state index in [9.17, 15) is 0 Å². The Hall–Kier alpha value is -1.81. The maximum absolute atomic E-state index is 5.55. The van der Waals surface area contributed by atoms with Crippen LogP contribution in [-0.4, -0.2) is 30.1 Å². The molecule has 19 heavy (non-hydrogen) atoms. The molecule has 0 aliphatic carbocycles. The second kappa shape index (κ2) is 6.38. The molecular weight excluding hydrogens is 240 g/mol. The van der Waals surface area contributed by atoms with Crippen LogP contribution in [0.15, 0.2) is 34.9 Å². The van der Waals surface area contributed by atoms with Gasteiger partial charge in [0.25, 0.3) is 0 Å². The van der Waals surface area contributed by atoms with Crippen molar-refractivity contribution in [3.05, 3.63) is 36.2 Å². The van der Waals surface area contributed by atoms with Crippen molar-refractivity contribution in [1.29, 1.82) is 0 Å². The van der Waals surface area contributed by atoms with Crippen LogP contribution in [0.25, 0.3) is 11.5 Å². The van der Waals surface area contributed by atoms with Gasteiger partial charge in [-0.2, -0.15) is 0 Å². The van der Waals surface area contributed by atoms with Gasteiger partial charge in [-0.1, -0.05) is 19.9 Å². The first-order valence-corrected chi connectivity index (χ1v) is 6.58. The molecule has 0 saturated carbocycles. The highest BCUT2D eigenvalue weighted by atomic mass is 16.5. The fourth-order valence-electron chi connectivity index (χ4n) is 1.94. The molecule has 0 spiro atoms. The second-order valence-corrected chi connectivity index (χ2v) is 4.34. The summed E-state index contributed by atoms with van der Waals surface area (Å²) < 4.78 is 10.8. The van der Waals surface area contributed by atoms with Crippen molar-refractivity contribution in [3.8, 4) is 17.2 Å². The van der Waals surface area contributed by atoms with Crippen LogP contribution in [0.3, 0.4) is 0 Å². The Balaban J connectivity index is 2.15. The third-order valence-electron chi connectivity index (χ3n) is 3.15. The van der Waals surface area contributed by atoms with Crippen LogP contribution in [0.4, 0.5) is 0 Å². The smallest absolute Gasteiger partial charge is 0.226 e. The van der Waals surface area contributed by atoms with Gasteiger partial charge in [0.2, 0.25) is 5.89 Å². The molecule has 1 aromatic heterocycles. The van der Waals surface area contributed by atoms with Gasteiger partial charge in [0, 0.05) is 12.1 Å². The maximum Gasteiger partial charge on any atom is 0.226 e. The Morgan fingerprint density at radius 2 is 2.05 bits per heavy atom. The molecule has 0 radical (unpaired) electrons. The molecule has 0 aliphatic heterocycles. The van der Waals surface area contributed by atoms with Gasteiger partial charge in [0.05, 0.1) is 12.8 Å². The molecular formula is C15H20N2O2. The number of ether oxygens (including phenoxy) is 1. The van der Waals surface area contributed by atoms with Crippen molar-refractivity contribution >= 4 is 0 Å². The van der Waals surface area contributed by atoms with Crippen LogP contribution in [0, 0.1) is 0 Å². The molecule has 1 aromatic carbocycles. The molecule has 4 heteroatoms. The van der Waals surface area contributed by atoms with Crippen molar-refractivity contribution in [3.63, 3.8) is 0 Å². The first-order valence-electron chi connectivity index (χ1n) is 6.58. The quantitative estimate of drug-likeness (QED) is 0.799. The van der Waals surface area contributed by atoms with Crippen LogP contribution >= 0.6 is 0 Å². The Bertz CT molecular complexity index is 518. The minimum atomic E-state index is 0.640. The number of hydrogen-bond donors (Lipinski definition) is 0. The zero-order valence-electron chi connectivity index (χ0n) is 11.7. The molecule has 0 atom stereocenters. The summed E-state index contributed by atoms with van der Waals surface area (Å²) in [7, 11) is 1.65. The molecule has 0 unspecified atom stereocenters. The number of hydrogen-bond acceptors (Lipinski definition) is 4.